The third-order valence-electron chi connectivity index (χ3n) is 4.22. The molecule has 0 saturated heterocycles. The molecule has 2 aromatic carbocycles. The Hall–Kier alpha value is -2.45. The van der Waals surface area contributed by atoms with E-state index in [1.54, 1.807) is 30.3 Å². The van der Waals surface area contributed by atoms with Gasteiger partial charge in [-0.1, -0.05) is 17.7 Å². The Morgan fingerprint density at radius 3 is 2.72 bits per heavy atom. The van der Waals surface area contributed by atoms with Crippen molar-refractivity contribution in [2.75, 3.05) is 22.4 Å². The predicted octanol–water partition coefficient (Wildman–Crippen LogP) is 3.68. The Morgan fingerprint density at radius 2 is 2.03 bits per heavy atom. The molecule has 1 atom stereocenters. The van der Waals surface area contributed by atoms with E-state index in [0.29, 0.717) is 22.1 Å². The number of carbonyl (C=O) groups excluding carboxylic acids is 1. The first-order chi connectivity index (χ1) is 13.6. The third kappa shape index (κ3) is 5.33. The summed E-state index contributed by atoms with van der Waals surface area (Å²) in [6.07, 6.45) is 0.443. The zero-order valence-corrected chi connectivity index (χ0v) is 18.0. The number of anilines is 2. The van der Waals surface area contributed by atoms with Crippen molar-refractivity contribution in [3.8, 4) is 11.5 Å². The molecule has 9 heteroatoms. The number of nitrogens with zero attached hydrogens (tertiary/aromatic N) is 1. The van der Waals surface area contributed by atoms with Crippen molar-refractivity contribution in [2.24, 2.45) is 0 Å². The minimum Gasteiger partial charge on any atom is -0.491 e. The van der Waals surface area contributed by atoms with E-state index in [4.69, 9.17) is 21.1 Å². The molecule has 0 spiro atoms. The molecule has 0 saturated carbocycles. The van der Waals surface area contributed by atoms with E-state index in [1.807, 2.05) is 19.9 Å². The quantitative estimate of drug-likeness (QED) is 0.769. The van der Waals surface area contributed by atoms with Crippen molar-refractivity contribution in [3.05, 3.63) is 47.5 Å². The molecule has 1 N–H and O–H groups in total. The fourth-order valence-electron chi connectivity index (χ4n) is 3.02. The summed E-state index contributed by atoms with van der Waals surface area (Å²) >= 11 is 6.03. The summed E-state index contributed by atoms with van der Waals surface area (Å²) in [4.78, 5) is 12.8. The standard InChI is InChI=1S/C20H23ClN2O5S/c1-13(2)27-16-6-4-5-15(12-16)22-20(24)19-9-10-23(29(3,25)26)17-11-14(21)7-8-18(17)28-19/h4-8,11-13,19H,9-10H2,1-3H3,(H,22,24)/t19-/m0/s1. The number of benzene rings is 2. The Kier molecular flexibility index (Phi) is 6.24. The van der Waals surface area contributed by atoms with Crippen LogP contribution in [0.4, 0.5) is 11.4 Å². The van der Waals surface area contributed by atoms with Crippen LogP contribution >= 0.6 is 11.6 Å². The van der Waals surface area contributed by atoms with E-state index in [9.17, 15) is 13.2 Å². The largest absolute Gasteiger partial charge is 0.491 e. The number of sulfonamides is 1. The maximum atomic E-state index is 12.8. The number of carbonyl (C=O) groups is 1. The molecule has 0 aliphatic carbocycles. The van der Waals surface area contributed by atoms with Gasteiger partial charge in [-0.15, -0.1) is 0 Å². The number of hydrogen-bond donors (Lipinski definition) is 1. The fraction of sp³-hybridized carbons (Fsp3) is 0.350. The van der Waals surface area contributed by atoms with Crippen molar-refractivity contribution in [1.82, 2.24) is 0 Å². The summed E-state index contributed by atoms with van der Waals surface area (Å²) in [5.74, 6) is 0.556. The van der Waals surface area contributed by atoms with Gasteiger partial charge in [0, 0.05) is 29.7 Å². The first kappa shape index (κ1) is 21.3. The van der Waals surface area contributed by atoms with Gasteiger partial charge >= 0.3 is 0 Å². The van der Waals surface area contributed by atoms with Crippen LogP contribution in [-0.4, -0.2) is 39.3 Å². The number of fused-ring (bicyclic) bond motifs is 1. The molecule has 2 aromatic rings. The monoisotopic (exact) mass is 438 g/mol. The molecular formula is C20H23ClN2O5S. The van der Waals surface area contributed by atoms with E-state index in [0.717, 1.165) is 6.26 Å². The number of amides is 1. The van der Waals surface area contributed by atoms with Gasteiger partial charge in [-0.25, -0.2) is 8.42 Å². The lowest BCUT2D eigenvalue weighted by atomic mass is 10.2. The number of nitrogens with one attached hydrogen (secondary N) is 1. The maximum Gasteiger partial charge on any atom is 0.265 e. The molecular weight excluding hydrogens is 416 g/mol. The van der Waals surface area contributed by atoms with E-state index in [2.05, 4.69) is 5.32 Å². The molecule has 29 heavy (non-hydrogen) atoms. The summed E-state index contributed by atoms with van der Waals surface area (Å²) in [5.41, 5.74) is 0.889. The van der Waals surface area contributed by atoms with Crippen LogP contribution < -0.4 is 19.1 Å². The van der Waals surface area contributed by atoms with E-state index >= 15 is 0 Å². The minimum absolute atomic E-state index is 0.0106. The van der Waals surface area contributed by atoms with Gasteiger partial charge in [0.15, 0.2) is 6.10 Å². The molecule has 1 heterocycles. The topological polar surface area (TPSA) is 84.9 Å². The molecule has 0 aromatic heterocycles. The van der Waals surface area contributed by atoms with Gasteiger partial charge in [-0.05, 0) is 44.2 Å². The minimum atomic E-state index is -3.56. The van der Waals surface area contributed by atoms with Crippen molar-refractivity contribution in [2.45, 2.75) is 32.5 Å². The van der Waals surface area contributed by atoms with Gasteiger partial charge in [-0.3, -0.25) is 9.10 Å². The van der Waals surface area contributed by atoms with Gasteiger partial charge in [-0.2, -0.15) is 0 Å². The average Bonchev–Trinajstić information content (AvgIpc) is 2.80. The molecule has 0 radical (unpaired) electrons. The van der Waals surface area contributed by atoms with Gasteiger partial charge in [0.05, 0.1) is 18.0 Å². The predicted molar refractivity (Wildman–Crippen MR) is 114 cm³/mol. The fourth-order valence-corrected chi connectivity index (χ4v) is 4.13. The van der Waals surface area contributed by atoms with E-state index < -0.39 is 16.1 Å². The van der Waals surface area contributed by atoms with E-state index in [1.165, 1.54) is 10.4 Å². The van der Waals surface area contributed by atoms with Crippen LogP contribution in [0.25, 0.3) is 0 Å². The highest BCUT2D eigenvalue weighted by atomic mass is 35.5. The molecule has 0 unspecified atom stereocenters. The lowest BCUT2D eigenvalue weighted by Crippen LogP contribution is -2.35. The van der Waals surface area contributed by atoms with E-state index in [-0.39, 0.29) is 30.7 Å². The van der Waals surface area contributed by atoms with Crippen molar-refractivity contribution < 1.29 is 22.7 Å². The summed E-state index contributed by atoms with van der Waals surface area (Å²) < 4.78 is 37.1. The van der Waals surface area contributed by atoms with Crippen LogP contribution in [0.3, 0.4) is 0 Å². The summed E-state index contributed by atoms with van der Waals surface area (Å²) in [7, 11) is -3.56. The third-order valence-corrected chi connectivity index (χ3v) is 5.63. The maximum absolute atomic E-state index is 12.8. The van der Waals surface area contributed by atoms with Crippen molar-refractivity contribution >= 4 is 38.9 Å². The molecule has 7 nitrogen and oxygen atoms in total. The average molecular weight is 439 g/mol. The number of ether oxygens (including phenoxy) is 2. The molecule has 1 amide bonds. The first-order valence-corrected chi connectivity index (χ1v) is 11.4. The summed E-state index contributed by atoms with van der Waals surface area (Å²) in [6, 6.07) is 11.7. The van der Waals surface area contributed by atoms with Crippen molar-refractivity contribution in [3.63, 3.8) is 0 Å². The SMILES string of the molecule is CC(C)Oc1cccc(NC(=O)[C@@H]2CCN(S(C)(=O)=O)c3cc(Cl)ccc3O2)c1. The van der Waals surface area contributed by atoms with Gasteiger partial charge < -0.3 is 14.8 Å². The summed E-state index contributed by atoms with van der Waals surface area (Å²) in [5, 5.41) is 3.19. The second kappa shape index (κ2) is 8.51. The van der Waals surface area contributed by atoms with Gasteiger partial charge in [0.1, 0.15) is 11.5 Å². The van der Waals surface area contributed by atoms with Crippen LogP contribution in [0, 0.1) is 0 Å². The number of hydrogen-bond acceptors (Lipinski definition) is 5. The highest BCUT2D eigenvalue weighted by Gasteiger charge is 2.31. The zero-order chi connectivity index (χ0) is 21.2. The first-order valence-electron chi connectivity index (χ1n) is 9.15. The van der Waals surface area contributed by atoms with Crippen LogP contribution in [0.2, 0.25) is 5.02 Å². The zero-order valence-electron chi connectivity index (χ0n) is 16.4. The Bertz CT molecular complexity index is 1010. The Labute approximate surface area is 175 Å². The van der Waals surface area contributed by atoms with Crippen LogP contribution in [0.5, 0.6) is 11.5 Å². The number of halogens is 1. The molecule has 1 aliphatic heterocycles. The van der Waals surface area contributed by atoms with Crippen LogP contribution in [0.15, 0.2) is 42.5 Å². The second-order valence-electron chi connectivity index (χ2n) is 7.03. The smallest absolute Gasteiger partial charge is 0.265 e. The highest BCUT2D eigenvalue weighted by Crippen LogP contribution is 2.36. The van der Waals surface area contributed by atoms with Gasteiger partial charge in [0.2, 0.25) is 10.0 Å². The Morgan fingerprint density at radius 1 is 1.28 bits per heavy atom. The molecule has 156 valence electrons. The molecule has 3 rings (SSSR count). The van der Waals surface area contributed by atoms with Crippen LogP contribution in [-0.2, 0) is 14.8 Å². The lowest BCUT2D eigenvalue weighted by molar-refractivity contribution is -0.122. The van der Waals surface area contributed by atoms with Crippen LogP contribution in [0.1, 0.15) is 20.3 Å². The highest BCUT2D eigenvalue weighted by molar-refractivity contribution is 7.92. The Balaban J connectivity index is 1.82. The second-order valence-corrected chi connectivity index (χ2v) is 9.37. The summed E-state index contributed by atoms with van der Waals surface area (Å²) in [6.45, 7) is 3.93. The molecule has 0 fully saturated rings. The van der Waals surface area contributed by atoms with Gasteiger partial charge in [0.25, 0.3) is 5.91 Å². The molecule has 1 aliphatic rings. The number of rotatable bonds is 5. The lowest BCUT2D eigenvalue weighted by Gasteiger charge is -2.21. The normalized spacial score (nSPS) is 16.6. The molecule has 0 bridgehead atoms. The van der Waals surface area contributed by atoms with Crippen molar-refractivity contribution in [1.29, 1.82) is 0 Å².